The van der Waals surface area contributed by atoms with E-state index in [0.717, 1.165) is 0 Å². The van der Waals surface area contributed by atoms with Crippen LogP contribution in [0.2, 0.25) is 13.1 Å². The third kappa shape index (κ3) is 3.83. The summed E-state index contributed by atoms with van der Waals surface area (Å²) in [6.45, 7) is 13.9. The number of hydrogen-bond acceptors (Lipinski definition) is 0. The van der Waals surface area contributed by atoms with Crippen LogP contribution in [-0.4, -0.2) is 15.2 Å². The Balaban J connectivity index is 2.13. The minimum absolute atomic E-state index is 1.32. The van der Waals surface area contributed by atoms with Crippen molar-refractivity contribution in [1.82, 2.24) is 0 Å². The Morgan fingerprint density at radius 2 is 0.562 bits per heavy atom. The van der Waals surface area contributed by atoms with Crippen molar-refractivity contribution < 1.29 is 0 Å². The standard InChI is InChI=1S/C30H34Si2/c1-23-7-15-27(16-8-23)31(5,6)32(28-17-9-24(2)10-18-28,29-19-11-25(3)12-20-29)30-21-13-26(4)14-22-30/h7-22H,1-6H3. The number of benzene rings is 4. The predicted octanol–water partition coefficient (Wildman–Crippen LogP) is 5.08. The molecule has 0 heterocycles. The van der Waals surface area contributed by atoms with Crippen molar-refractivity contribution in [2.75, 3.05) is 0 Å². The molecule has 0 saturated heterocycles. The maximum atomic E-state index is 2.60. The van der Waals surface area contributed by atoms with E-state index in [1.54, 1.807) is 0 Å². The zero-order valence-corrected chi connectivity index (χ0v) is 22.2. The molecule has 0 aliphatic rings. The molecule has 0 aliphatic carbocycles. The quantitative estimate of drug-likeness (QED) is 0.294. The lowest BCUT2D eigenvalue weighted by atomic mass is 10.2. The van der Waals surface area contributed by atoms with Gasteiger partial charge in [-0.1, -0.05) is 153 Å². The molecule has 0 atom stereocenters. The van der Waals surface area contributed by atoms with Gasteiger partial charge in [0.05, 0.1) is 7.59 Å². The van der Waals surface area contributed by atoms with Crippen LogP contribution in [0.1, 0.15) is 22.3 Å². The van der Waals surface area contributed by atoms with Crippen molar-refractivity contribution in [2.24, 2.45) is 0 Å². The molecule has 0 N–H and O–H groups in total. The molecule has 4 rings (SSSR count). The fourth-order valence-corrected chi connectivity index (χ4v) is 21.6. The highest BCUT2D eigenvalue weighted by Crippen LogP contribution is 2.22. The fourth-order valence-electron chi connectivity index (χ4n) is 5.18. The molecule has 0 radical (unpaired) electrons. The van der Waals surface area contributed by atoms with E-state index < -0.39 is 15.2 Å². The van der Waals surface area contributed by atoms with Crippen molar-refractivity contribution in [3.8, 4) is 0 Å². The van der Waals surface area contributed by atoms with Crippen LogP contribution < -0.4 is 20.7 Å². The summed E-state index contributed by atoms with van der Waals surface area (Å²) in [5.74, 6) is 0. The molecule has 0 aliphatic heterocycles. The summed E-state index contributed by atoms with van der Waals surface area (Å²) in [6, 6.07) is 37.7. The molecule has 0 aromatic heterocycles. The number of aryl methyl sites for hydroxylation is 4. The molecule has 32 heavy (non-hydrogen) atoms. The van der Waals surface area contributed by atoms with E-state index in [1.807, 2.05) is 0 Å². The Hall–Kier alpha value is -2.69. The molecule has 0 fully saturated rings. The molecule has 0 spiro atoms. The summed E-state index contributed by atoms with van der Waals surface area (Å²) in [5, 5.41) is 6.10. The highest BCUT2D eigenvalue weighted by Gasteiger charge is 2.53. The topological polar surface area (TPSA) is 0 Å². The first kappa shape index (κ1) is 22.5. The molecule has 0 nitrogen and oxygen atoms in total. The van der Waals surface area contributed by atoms with Gasteiger partial charge in [-0.2, -0.15) is 0 Å². The summed E-state index contributed by atoms with van der Waals surface area (Å²) in [6.07, 6.45) is 0. The van der Waals surface area contributed by atoms with E-state index in [1.165, 1.54) is 43.0 Å². The first-order valence-corrected chi connectivity index (χ1v) is 17.5. The maximum Gasteiger partial charge on any atom is 0.144 e. The third-order valence-corrected chi connectivity index (χ3v) is 23.5. The van der Waals surface area contributed by atoms with Gasteiger partial charge in [0.1, 0.15) is 7.59 Å². The zero-order chi connectivity index (χ0) is 22.9. The first-order valence-electron chi connectivity index (χ1n) is 11.5. The van der Waals surface area contributed by atoms with E-state index in [9.17, 15) is 0 Å². The van der Waals surface area contributed by atoms with Crippen LogP contribution in [-0.2, 0) is 0 Å². The van der Waals surface area contributed by atoms with Gasteiger partial charge < -0.3 is 0 Å². The van der Waals surface area contributed by atoms with Crippen LogP contribution in [0, 0.1) is 27.7 Å². The van der Waals surface area contributed by atoms with Crippen LogP contribution >= 0.6 is 0 Å². The molecule has 4 aromatic rings. The van der Waals surface area contributed by atoms with Gasteiger partial charge in [0.2, 0.25) is 0 Å². The lowest BCUT2D eigenvalue weighted by Crippen LogP contribution is -2.84. The minimum Gasteiger partial charge on any atom is -0.0665 e. The van der Waals surface area contributed by atoms with Crippen LogP contribution in [0.25, 0.3) is 0 Å². The largest absolute Gasteiger partial charge is 0.144 e. The normalized spacial score (nSPS) is 12.1. The van der Waals surface area contributed by atoms with E-state index in [4.69, 9.17) is 0 Å². The molecule has 0 saturated carbocycles. The SMILES string of the molecule is Cc1ccc([Si](C)(C)[Si](c2ccc(C)cc2)(c2ccc(C)cc2)c2ccc(C)cc2)cc1. The Morgan fingerprint density at radius 1 is 0.344 bits per heavy atom. The van der Waals surface area contributed by atoms with E-state index >= 15 is 0 Å². The maximum absolute atomic E-state index is 2.60. The summed E-state index contributed by atoms with van der Waals surface area (Å²) >= 11 is 0. The van der Waals surface area contributed by atoms with Crippen molar-refractivity contribution >= 4 is 35.9 Å². The van der Waals surface area contributed by atoms with Gasteiger partial charge in [-0.3, -0.25) is 0 Å². The molecule has 2 heteroatoms. The third-order valence-electron chi connectivity index (χ3n) is 7.16. The predicted molar refractivity (Wildman–Crippen MR) is 146 cm³/mol. The van der Waals surface area contributed by atoms with Crippen LogP contribution in [0.4, 0.5) is 0 Å². The van der Waals surface area contributed by atoms with Crippen molar-refractivity contribution in [1.29, 1.82) is 0 Å². The second-order valence-electron chi connectivity index (χ2n) is 9.84. The van der Waals surface area contributed by atoms with Crippen molar-refractivity contribution in [3.63, 3.8) is 0 Å². The fraction of sp³-hybridized carbons (Fsp3) is 0.200. The molecule has 4 aromatic carbocycles. The Labute approximate surface area is 195 Å². The van der Waals surface area contributed by atoms with Gasteiger partial charge in [-0.15, -0.1) is 0 Å². The van der Waals surface area contributed by atoms with Gasteiger partial charge in [-0.25, -0.2) is 0 Å². The highest BCUT2D eigenvalue weighted by atomic mass is 29.3. The lowest BCUT2D eigenvalue weighted by molar-refractivity contribution is 1.47. The zero-order valence-electron chi connectivity index (χ0n) is 20.2. The molecule has 0 bridgehead atoms. The van der Waals surface area contributed by atoms with Crippen molar-refractivity contribution in [2.45, 2.75) is 40.8 Å². The van der Waals surface area contributed by atoms with Gasteiger partial charge >= 0.3 is 0 Å². The average molecular weight is 451 g/mol. The van der Waals surface area contributed by atoms with E-state index in [-0.39, 0.29) is 0 Å². The summed E-state index contributed by atoms with van der Waals surface area (Å²) in [4.78, 5) is 0. The number of rotatable bonds is 5. The van der Waals surface area contributed by atoms with Crippen LogP contribution in [0.3, 0.4) is 0 Å². The second kappa shape index (κ2) is 8.69. The monoisotopic (exact) mass is 450 g/mol. The second-order valence-corrected chi connectivity index (χ2v) is 22.9. The molecule has 0 amide bonds. The molecular formula is C30H34Si2. The lowest BCUT2D eigenvalue weighted by Gasteiger charge is -2.46. The van der Waals surface area contributed by atoms with Gasteiger partial charge in [0.15, 0.2) is 0 Å². The van der Waals surface area contributed by atoms with Gasteiger partial charge in [-0.05, 0) is 27.7 Å². The Morgan fingerprint density at radius 3 is 0.812 bits per heavy atom. The smallest absolute Gasteiger partial charge is 0.0665 e. The van der Waals surface area contributed by atoms with E-state index in [2.05, 4.69) is 138 Å². The molecule has 162 valence electrons. The van der Waals surface area contributed by atoms with Crippen LogP contribution in [0.5, 0.6) is 0 Å². The van der Waals surface area contributed by atoms with Crippen LogP contribution in [0.15, 0.2) is 97.1 Å². The molecular weight excluding hydrogens is 417 g/mol. The van der Waals surface area contributed by atoms with Gasteiger partial charge in [0.25, 0.3) is 0 Å². The minimum atomic E-state index is -2.34. The van der Waals surface area contributed by atoms with Crippen molar-refractivity contribution in [3.05, 3.63) is 119 Å². The van der Waals surface area contributed by atoms with Gasteiger partial charge in [0, 0.05) is 0 Å². The Bertz CT molecular complexity index is 1070. The number of hydrogen-bond donors (Lipinski definition) is 0. The first-order chi connectivity index (χ1) is 15.2. The summed E-state index contributed by atoms with van der Waals surface area (Å²) < 4.78 is 0. The molecule has 0 unspecified atom stereocenters. The Kier molecular flexibility index (Phi) is 6.11. The average Bonchev–Trinajstić information content (AvgIpc) is 2.78. The van der Waals surface area contributed by atoms with E-state index in [0.29, 0.717) is 0 Å². The summed E-state index contributed by atoms with van der Waals surface area (Å²) in [5.41, 5.74) is 5.28. The highest BCUT2D eigenvalue weighted by molar-refractivity contribution is 7.59. The summed E-state index contributed by atoms with van der Waals surface area (Å²) in [7, 11) is -4.36.